The first-order chi connectivity index (χ1) is 9.63. The first-order valence-corrected chi connectivity index (χ1v) is 7.30. The van der Waals surface area contributed by atoms with Gasteiger partial charge in [-0.2, -0.15) is 0 Å². The molecule has 1 aliphatic heterocycles. The molecule has 0 aromatic heterocycles. The van der Waals surface area contributed by atoms with Gasteiger partial charge in [-0.1, -0.05) is 12.1 Å². The van der Waals surface area contributed by atoms with E-state index in [1.807, 2.05) is 43.1 Å². The van der Waals surface area contributed by atoms with E-state index >= 15 is 0 Å². The average Bonchev–Trinajstić information content (AvgIpc) is 2.39. The zero-order chi connectivity index (χ0) is 14.4. The van der Waals surface area contributed by atoms with Crippen LogP contribution in [0.4, 0.5) is 5.69 Å². The third-order valence-corrected chi connectivity index (χ3v) is 3.50. The predicted octanol–water partition coefficient (Wildman–Crippen LogP) is 2.43. The van der Waals surface area contributed by atoms with Gasteiger partial charge in [0.2, 0.25) is 5.91 Å². The van der Waals surface area contributed by atoms with Crippen molar-refractivity contribution in [2.45, 2.75) is 32.3 Å². The van der Waals surface area contributed by atoms with Crippen molar-refractivity contribution in [3.8, 4) is 0 Å². The summed E-state index contributed by atoms with van der Waals surface area (Å²) in [5.41, 5.74) is 2.00. The Hall–Kier alpha value is -1.39. The summed E-state index contributed by atoms with van der Waals surface area (Å²) >= 11 is 0. The third-order valence-electron chi connectivity index (χ3n) is 3.50. The fraction of sp³-hybridized carbons (Fsp3) is 0.562. The van der Waals surface area contributed by atoms with Gasteiger partial charge in [-0.05, 0) is 50.9 Å². The van der Waals surface area contributed by atoms with Gasteiger partial charge in [-0.25, -0.2) is 0 Å². The van der Waals surface area contributed by atoms with Gasteiger partial charge in [0.25, 0.3) is 0 Å². The predicted molar refractivity (Wildman–Crippen MR) is 80.9 cm³/mol. The Morgan fingerprint density at radius 2 is 2.30 bits per heavy atom. The van der Waals surface area contributed by atoms with E-state index in [0.717, 1.165) is 37.2 Å². The molecule has 1 amide bonds. The first kappa shape index (κ1) is 15.0. The minimum atomic E-state index is 0.0221. The lowest BCUT2D eigenvalue weighted by Crippen LogP contribution is -2.37. The summed E-state index contributed by atoms with van der Waals surface area (Å²) in [6, 6.07) is 7.85. The van der Waals surface area contributed by atoms with Gasteiger partial charge in [0.15, 0.2) is 0 Å². The summed E-state index contributed by atoms with van der Waals surface area (Å²) in [4.78, 5) is 14.0. The molecule has 0 spiro atoms. The summed E-state index contributed by atoms with van der Waals surface area (Å²) in [6.45, 7) is 4.09. The zero-order valence-electron chi connectivity index (χ0n) is 12.4. The second-order valence-corrected chi connectivity index (χ2v) is 5.60. The van der Waals surface area contributed by atoms with Crippen LogP contribution in [0.3, 0.4) is 0 Å². The van der Waals surface area contributed by atoms with Crippen LogP contribution in [0.5, 0.6) is 0 Å². The summed E-state index contributed by atoms with van der Waals surface area (Å²) in [7, 11) is 1.97. The Bertz CT molecular complexity index is 442. The van der Waals surface area contributed by atoms with Crippen LogP contribution in [0, 0.1) is 6.92 Å². The van der Waals surface area contributed by atoms with E-state index in [1.165, 1.54) is 6.42 Å². The lowest BCUT2D eigenvalue weighted by molar-refractivity contribution is -0.117. The fourth-order valence-electron chi connectivity index (χ4n) is 2.53. The van der Waals surface area contributed by atoms with Crippen molar-refractivity contribution in [3.63, 3.8) is 0 Å². The monoisotopic (exact) mass is 276 g/mol. The van der Waals surface area contributed by atoms with Crippen molar-refractivity contribution in [1.29, 1.82) is 0 Å². The molecule has 0 radical (unpaired) electrons. The number of anilines is 1. The number of likely N-dealkylation sites (N-methyl/N-ethyl adjacent to an activating group) is 1. The molecule has 1 atom stereocenters. The number of hydrogen-bond acceptors (Lipinski definition) is 3. The molecule has 0 unspecified atom stereocenters. The van der Waals surface area contributed by atoms with Gasteiger partial charge in [-0.15, -0.1) is 0 Å². The Balaban J connectivity index is 1.75. The summed E-state index contributed by atoms with van der Waals surface area (Å²) in [6.07, 6.45) is 3.77. The van der Waals surface area contributed by atoms with Crippen LogP contribution in [0.1, 0.15) is 24.8 Å². The van der Waals surface area contributed by atoms with Crippen LogP contribution >= 0.6 is 0 Å². The lowest BCUT2D eigenvalue weighted by Gasteiger charge is -2.27. The molecule has 4 nitrogen and oxygen atoms in total. The Morgan fingerprint density at radius 1 is 1.45 bits per heavy atom. The molecular weight excluding hydrogens is 252 g/mol. The zero-order valence-corrected chi connectivity index (χ0v) is 12.4. The molecule has 20 heavy (non-hydrogen) atoms. The fourth-order valence-corrected chi connectivity index (χ4v) is 2.53. The van der Waals surface area contributed by atoms with Crippen LogP contribution in [0.15, 0.2) is 24.3 Å². The van der Waals surface area contributed by atoms with Crippen molar-refractivity contribution >= 4 is 11.6 Å². The van der Waals surface area contributed by atoms with Gasteiger partial charge < -0.3 is 10.1 Å². The molecule has 2 rings (SSSR count). The van der Waals surface area contributed by atoms with Crippen LogP contribution in [-0.2, 0) is 9.53 Å². The van der Waals surface area contributed by atoms with Gasteiger partial charge in [0.1, 0.15) is 0 Å². The number of amides is 1. The summed E-state index contributed by atoms with van der Waals surface area (Å²) in [5, 5.41) is 2.93. The van der Waals surface area contributed by atoms with E-state index in [-0.39, 0.29) is 12.0 Å². The molecule has 1 aliphatic rings. The third kappa shape index (κ3) is 4.94. The molecule has 1 aromatic rings. The van der Waals surface area contributed by atoms with Crippen LogP contribution < -0.4 is 5.32 Å². The lowest BCUT2D eigenvalue weighted by atomic mass is 10.1. The van der Waals surface area contributed by atoms with Gasteiger partial charge in [-0.3, -0.25) is 9.69 Å². The number of hydrogen-bond donors (Lipinski definition) is 1. The van der Waals surface area contributed by atoms with E-state index < -0.39 is 0 Å². The minimum Gasteiger partial charge on any atom is -0.377 e. The standard InChI is InChI=1S/C16H24N2O2/c1-13-6-5-7-14(10-13)17-16(19)12-18(2)11-15-8-3-4-9-20-15/h5-7,10,15H,3-4,8-9,11-12H2,1-2H3,(H,17,19)/t15-/m0/s1. The van der Waals surface area contributed by atoms with Crippen LogP contribution in [0.25, 0.3) is 0 Å². The Morgan fingerprint density at radius 3 is 3.00 bits per heavy atom. The number of nitrogens with one attached hydrogen (secondary N) is 1. The van der Waals surface area contributed by atoms with E-state index in [9.17, 15) is 4.79 Å². The largest absolute Gasteiger partial charge is 0.377 e. The number of carbonyl (C=O) groups excluding carboxylic acids is 1. The topological polar surface area (TPSA) is 41.6 Å². The van der Waals surface area contributed by atoms with Gasteiger partial charge in [0, 0.05) is 18.8 Å². The molecule has 1 heterocycles. The molecule has 110 valence electrons. The molecule has 0 aliphatic carbocycles. The molecule has 4 heteroatoms. The van der Waals surface area contributed by atoms with Gasteiger partial charge >= 0.3 is 0 Å². The Labute approximate surface area is 121 Å². The number of ether oxygens (including phenoxy) is 1. The molecule has 0 bridgehead atoms. The number of carbonyl (C=O) groups is 1. The van der Waals surface area contributed by atoms with E-state index in [4.69, 9.17) is 4.74 Å². The van der Waals surface area contributed by atoms with Crippen molar-refractivity contribution < 1.29 is 9.53 Å². The smallest absolute Gasteiger partial charge is 0.238 e. The second kappa shape index (κ2) is 7.41. The number of nitrogens with zero attached hydrogens (tertiary/aromatic N) is 1. The Kier molecular flexibility index (Phi) is 5.56. The number of aryl methyl sites for hydroxylation is 1. The van der Waals surface area contributed by atoms with Gasteiger partial charge in [0.05, 0.1) is 12.6 Å². The highest BCUT2D eigenvalue weighted by atomic mass is 16.5. The quantitative estimate of drug-likeness (QED) is 0.898. The normalized spacial score (nSPS) is 19.1. The summed E-state index contributed by atoms with van der Waals surface area (Å²) in [5.74, 6) is 0.0221. The maximum atomic E-state index is 12.0. The summed E-state index contributed by atoms with van der Waals surface area (Å²) < 4.78 is 5.69. The second-order valence-electron chi connectivity index (χ2n) is 5.60. The molecule has 1 N–H and O–H groups in total. The molecule has 1 saturated heterocycles. The number of rotatable bonds is 5. The first-order valence-electron chi connectivity index (χ1n) is 7.30. The SMILES string of the molecule is Cc1cccc(NC(=O)CN(C)C[C@@H]2CCCCO2)c1. The highest BCUT2D eigenvalue weighted by Crippen LogP contribution is 2.13. The highest BCUT2D eigenvalue weighted by Gasteiger charge is 2.17. The van der Waals surface area contributed by atoms with Crippen molar-refractivity contribution in [2.24, 2.45) is 0 Å². The average molecular weight is 276 g/mol. The van der Waals surface area contributed by atoms with E-state index in [2.05, 4.69) is 5.32 Å². The van der Waals surface area contributed by atoms with E-state index in [1.54, 1.807) is 0 Å². The van der Waals surface area contributed by atoms with Crippen molar-refractivity contribution in [1.82, 2.24) is 4.90 Å². The van der Waals surface area contributed by atoms with Crippen molar-refractivity contribution in [3.05, 3.63) is 29.8 Å². The number of benzene rings is 1. The maximum Gasteiger partial charge on any atom is 0.238 e. The highest BCUT2D eigenvalue weighted by molar-refractivity contribution is 5.92. The molecular formula is C16H24N2O2. The maximum absolute atomic E-state index is 12.0. The van der Waals surface area contributed by atoms with E-state index in [0.29, 0.717) is 6.54 Å². The molecule has 1 fully saturated rings. The molecule has 1 aromatic carbocycles. The van der Waals surface area contributed by atoms with Crippen LogP contribution in [-0.4, -0.2) is 43.7 Å². The molecule has 0 saturated carbocycles. The van der Waals surface area contributed by atoms with Crippen molar-refractivity contribution in [2.75, 3.05) is 32.1 Å². The van der Waals surface area contributed by atoms with Crippen LogP contribution in [0.2, 0.25) is 0 Å². The minimum absolute atomic E-state index is 0.0221.